The van der Waals surface area contributed by atoms with Gasteiger partial charge in [-0.15, -0.1) is 12.4 Å². The summed E-state index contributed by atoms with van der Waals surface area (Å²) in [5, 5.41) is 12.4. The third kappa shape index (κ3) is 6.56. The Hall–Kier alpha value is -3.09. The fraction of sp³-hybridized carbons (Fsp3) is 0.345. The fourth-order valence-electron chi connectivity index (χ4n) is 4.62. The smallest absolute Gasteiger partial charge is 0.307 e. The van der Waals surface area contributed by atoms with E-state index in [9.17, 15) is 9.18 Å². The lowest BCUT2D eigenvalue weighted by Crippen LogP contribution is -2.06. The zero-order valence-electron chi connectivity index (χ0n) is 20.8. The minimum Gasteiger partial charge on any atom is -0.491 e. The molecule has 0 radical (unpaired) electrons. The highest BCUT2D eigenvalue weighted by Crippen LogP contribution is 2.48. The van der Waals surface area contributed by atoms with E-state index in [1.165, 1.54) is 11.6 Å². The Morgan fingerprint density at radius 3 is 2.47 bits per heavy atom. The van der Waals surface area contributed by atoms with Gasteiger partial charge in [0.1, 0.15) is 18.2 Å². The summed E-state index contributed by atoms with van der Waals surface area (Å²) in [6, 6.07) is 17.4. The molecule has 0 heterocycles. The summed E-state index contributed by atoms with van der Waals surface area (Å²) in [6.07, 6.45) is 0.505. The Bertz CT molecular complexity index is 1190. The molecule has 0 aliphatic heterocycles. The molecule has 1 fully saturated rings. The number of halogens is 2. The first-order valence-corrected chi connectivity index (χ1v) is 12.0. The largest absolute Gasteiger partial charge is 0.491 e. The number of ether oxygens (including phenoxy) is 2. The first-order chi connectivity index (χ1) is 16.9. The van der Waals surface area contributed by atoms with Gasteiger partial charge in [0.15, 0.2) is 0 Å². The Balaban J connectivity index is 0.00000361. The van der Waals surface area contributed by atoms with Crippen molar-refractivity contribution in [2.45, 2.75) is 39.7 Å². The van der Waals surface area contributed by atoms with Crippen LogP contribution >= 0.6 is 12.4 Å². The summed E-state index contributed by atoms with van der Waals surface area (Å²) in [4.78, 5) is 11.1. The van der Waals surface area contributed by atoms with Gasteiger partial charge in [-0.1, -0.05) is 24.3 Å². The summed E-state index contributed by atoms with van der Waals surface area (Å²) >= 11 is 0. The van der Waals surface area contributed by atoms with E-state index in [0.29, 0.717) is 44.0 Å². The molecule has 36 heavy (non-hydrogen) atoms. The number of carbonyl (C=O) groups is 1. The highest BCUT2D eigenvalue weighted by Gasteiger charge is 2.45. The number of anilines is 1. The van der Waals surface area contributed by atoms with Crippen molar-refractivity contribution < 1.29 is 23.8 Å². The van der Waals surface area contributed by atoms with Crippen LogP contribution in [0.15, 0.2) is 54.6 Å². The van der Waals surface area contributed by atoms with Crippen molar-refractivity contribution in [2.75, 3.05) is 25.1 Å². The maximum atomic E-state index is 14.6. The van der Waals surface area contributed by atoms with Crippen LogP contribution in [0.5, 0.6) is 5.75 Å². The second kappa shape index (κ2) is 12.2. The summed E-state index contributed by atoms with van der Waals surface area (Å²) < 4.78 is 25.7. The predicted molar refractivity (Wildman–Crippen MR) is 143 cm³/mol. The van der Waals surface area contributed by atoms with E-state index in [1.54, 1.807) is 6.07 Å². The number of carboxylic acids is 1. The first kappa shape index (κ1) is 27.5. The lowest BCUT2D eigenvalue weighted by Gasteiger charge is -2.15. The lowest BCUT2D eigenvalue weighted by molar-refractivity contribution is -0.138. The number of aryl methyl sites for hydroxylation is 2. The molecule has 1 aliphatic rings. The van der Waals surface area contributed by atoms with Crippen molar-refractivity contribution in [1.29, 1.82) is 0 Å². The van der Waals surface area contributed by atoms with Crippen molar-refractivity contribution in [3.63, 3.8) is 0 Å². The van der Waals surface area contributed by atoms with Gasteiger partial charge in [-0.2, -0.15) is 0 Å². The van der Waals surface area contributed by atoms with Crippen LogP contribution in [-0.4, -0.2) is 30.9 Å². The minimum absolute atomic E-state index is 0. The van der Waals surface area contributed by atoms with Gasteiger partial charge >= 0.3 is 5.97 Å². The van der Waals surface area contributed by atoms with Gasteiger partial charge in [-0.3, -0.25) is 4.79 Å². The van der Waals surface area contributed by atoms with Gasteiger partial charge in [-0.25, -0.2) is 4.39 Å². The quantitative estimate of drug-likeness (QED) is 0.278. The van der Waals surface area contributed by atoms with E-state index in [0.717, 1.165) is 28.0 Å². The Morgan fingerprint density at radius 2 is 1.83 bits per heavy atom. The first-order valence-electron chi connectivity index (χ1n) is 12.0. The Morgan fingerprint density at radius 1 is 1.08 bits per heavy atom. The molecule has 7 heteroatoms. The van der Waals surface area contributed by atoms with E-state index in [4.69, 9.17) is 14.6 Å². The number of hydrogen-bond donors (Lipinski definition) is 2. The minimum atomic E-state index is -0.856. The summed E-state index contributed by atoms with van der Waals surface area (Å²) in [5.41, 5.74) is 6.81. The molecule has 3 aromatic rings. The molecular weight excluding hydrogens is 481 g/mol. The number of benzene rings is 3. The van der Waals surface area contributed by atoms with Crippen molar-refractivity contribution in [3.8, 4) is 16.9 Å². The molecule has 5 nitrogen and oxygen atoms in total. The van der Waals surface area contributed by atoms with Crippen molar-refractivity contribution in [3.05, 3.63) is 82.7 Å². The molecule has 2 unspecified atom stereocenters. The average Bonchev–Trinajstić information content (AvgIpc) is 3.62. The molecule has 0 aromatic heterocycles. The molecule has 3 aromatic carbocycles. The molecule has 0 spiro atoms. The molecule has 0 bridgehead atoms. The molecule has 1 aliphatic carbocycles. The van der Waals surface area contributed by atoms with Gasteiger partial charge in [0.25, 0.3) is 0 Å². The SMILES string of the molecule is CCOCCOc1cc(C)c(-c2cccc(CNc3ccc(C4CC4C(=O)O)c(F)c3)c2)c(C)c1.Cl. The fourth-order valence-corrected chi connectivity index (χ4v) is 4.62. The van der Waals surface area contributed by atoms with Crippen LogP contribution in [0.4, 0.5) is 10.1 Å². The number of aliphatic carboxylic acids is 1. The van der Waals surface area contributed by atoms with E-state index in [-0.39, 0.29) is 24.1 Å². The number of nitrogens with one attached hydrogen (secondary N) is 1. The van der Waals surface area contributed by atoms with E-state index < -0.39 is 11.9 Å². The van der Waals surface area contributed by atoms with Gasteiger partial charge in [0.05, 0.1) is 12.5 Å². The van der Waals surface area contributed by atoms with Crippen molar-refractivity contribution >= 4 is 24.1 Å². The summed E-state index contributed by atoms with van der Waals surface area (Å²) in [7, 11) is 0. The maximum absolute atomic E-state index is 14.6. The second-order valence-corrected chi connectivity index (χ2v) is 9.05. The standard InChI is InChI=1S/C29H32FNO4.ClH/c1-4-34-10-11-35-23-12-18(2)28(19(3)13-23)21-7-5-6-20(14-21)17-31-22-8-9-24(27(30)15-22)25-16-26(25)29(32)33;/h5-9,12-15,25-26,31H,4,10-11,16-17H2,1-3H3,(H,32,33);1H. The van der Waals surface area contributed by atoms with Crippen molar-refractivity contribution in [1.82, 2.24) is 0 Å². The Kier molecular flexibility index (Phi) is 9.35. The molecule has 1 saturated carbocycles. The lowest BCUT2D eigenvalue weighted by atomic mass is 9.94. The second-order valence-electron chi connectivity index (χ2n) is 9.05. The zero-order valence-corrected chi connectivity index (χ0v) is 21.7. The van der Waals surface area contributed by atoms with Gasteiger partial charge in [0, 0.05) is 24.8 Å². The third-order valence-electron chi connectivity index (χ3n) is 6.43. The summed E-state index contributed by atoms with van der Waals surface area (Å²) in [5.74, 6) is -1.05. The van der Waals surface area contributed by atoms with Crippen LogP contribution in [0, 0.1) is 25.6 Å². The molecular formula is C29H33ClFNO4. The highest BCUT2D eigenvalue weighted by atomic mass is 35.5. The molecule has 2 N–H and O–H groups in total. The van der Waals surface area contributed by atoms with Crippen LogP contribution in [0.1, 0.15) is 41.5 Å². The normalized spacial score (nSPS) is 16.2. The zero-order chi connectivity index (χ0) is 24.9. The monoisotopic (exact) mass is 513 g/mol. The summed E-state index contributed by atoms with van der Waals surface area (Å²) in [6.45, 7) is 8.46. The van der Waals surface area contributed by atoms with E-state index in [1.807, 2.05) is 25.1 Å². The molecule has 4 rings (SSSR count). The number of rotatable bonds is 11. The van der Waals surface area contributed by atoms with Gasteiger partial charge in [-0.05, 0) is 90.9 Å². The average molecular weight is 514 g/mol. The topological polar surface area (TPSA) is 67.8 Å². The number of hydrogen-bond acceptors (Lipinski definition) is 4. The van der Waals surface area contributed by atoms with Crippen LogP contribution in [-0.2, 0) is 16.1 Å². The predicted octanol–water partition coefficient (Wildman–Crippen LogP) is 6.75. The van der Waals surface area contributed by atoms with Crippen LogP contribution in [0.3, 0.4) is 0 Å². The maximum Gasteiger partial charge on any atom is 0.307 e. The van der Waals surface area contributed by atoms with Crippen LogP contribution in [0.25, 0.3) is 11.1 Å². The van der Waals surface area contributed by atoms with Crippen molar-refractivity contribution in [2.24, 2.45) is 5.92 Å². The van der Waals surface area contributed by atoms with Gasteiger partial charge in [0.2, 0.25) is 0 Å². The van der Waals surface area contributed by atoms with Gasteiger partial charge < -0.3 is 19.9 Å². The highest BCUT2D eigenvalue weighted by molar-refractivity contribution is 5.85. The Labute approximate surface area is 218 Å². The molecule has 192 valence electrons. The van der Waals surface area contributed by atoms with E-state index >= 15 is 0 Å². The molecule has 0 amide bonds. The molecule has 0 saturated heterocycles. The van der Waals surface area contributed by atoms with Crippen LogP contribution in [0.2, 0.25) is 0 Å². The third-order valence-corrected chi connectivity index (χ3v) is 6.43. The number of carboxylic acid groups (broad SMARTS) is 1. The molecule has 2 atom stereocenters. The van der Waals surface area contributed by atoms with E-state index in [2.05, 4.69) is 43.4 Å². The van der Waals surface area contributed by atoms with Crippen LogP contribution < -0.4 is 10.1 Å².